The number of hydrogen-bond donors (Lipinski definition) is 3. The Kier molecular flexibility index (Phi) is 3.71. The summed E-state index contributed by atoms with van der Waals surface area (Å²) in [5.74, 6) is -0.0983. The molecule has 0 fully saturated rings. The molecular weight excluding hydrogens is 254 g/mol. The van der Waals surface area contributed by atoms with Crippen LogP contribution in [0.15, 0.2) is 18.6 Å². The monoisotopic (exact) mass is 265 g/mol. The summed E-state index contributed by atoms with van der Waals surface area (Å²) in [5.41, 5.74) is 0.554. The van der Waals surface area contributed by atoms with Crippen LogP contribution >= 0.6 is 0 Å². The van der Waals surface area contributed by atoms with Gasteiger partial charge >= 0.3 is 6.09 Å². The van der Waals surface area contributed by atoms with Crippen LogP contribution in [0, 0.1) is 0 Å². The van der Waals surface area contributed by atoms with E-state index in [-0.39, 0.29) is 18.3 Å². The lowest BCUT2D eigenvalue weighted by Crippen LogP contribution is -2.18. The molecular formula is C9H11N7O3. The Balaban J connectivity index is 1.89. The van der Waals surface area contributed by atoms with Gasteiger partial charge in [-0.2, -0.15) is 5.10 Å². The van der Waals surface area contributed by atoms with Crippen LogP contribution < -0.4 is 10.6 Å². The minimum absolute atomic E-state index is 0.0406. The van der Waals surface area contributed by atoms with Crippen LogP contribution in [-0.2, 0) is 16.1 Å². The topological polar surface area (TPSA) is 127 Å². The fourth-order valence-electron chi connectivity index (χ4n) is 1.26. The average molecular weight is 265 g/mol. The molecule has 0 unspecified atom stereocenters. The quantitative estimate of drug-likeness (QED) is 0.703. The second-order valence-electron chi connectivity index (χ2n) is 3.45. The highest BCUT2D eigenvalue weighted by molar-refractivity contribution is 5.90. The fourth-order valence-corrected chi connectivity index (χ4v) is 1.26. The zero-order valence-corrected chi connectivity index (χ0v) is 9.95. The van der Waals surface area contributed by atoms with Crippen molar-refractivity contribution in [2.45, 2.75) is 6.54 Å². The molecule has 0 spiro atoms. The molecule has 2 amide bonds. The molecule has 2 aromatic rings. The van der Waals surface area contributed by atoms with Crippen LogP contribution in [0.1, 0.15) is 0 Å². The Bertz CT molecular complexity index is 562. The first kappa shape index (κ1) is 12.5. The fraction of sp³-hybridized carbons (Fsp3) is 0.222. The third-order valence-electron chi connectivity index (χ3n) is 2.04. The van der Waals surface area contributed by atoms with E-state index in [0.29, 0.717) is 5.69 Å². The highest BCUT2D eigenvalue weighted by Gasteiger charge is 2.08. The third kappa shape index (κ3) is 3.52. The van der Waals surface area contributed by atoms with E-state index in [4.69, 9.17) is 0 Å². The minimum atomic E-state index is -0.658. The molecule has 0 aliphatic rings. The Labute approximate surface area is 107 Å². The average Bonchev–Trinajstić information content (AvgIpc) is 3.01. The SMILES string of the molecule is COC(=O)Nc1cn(CC(=O)Nc2cn[nH]c2)nn1. The third-order valence-corrected chi connectivity index (χ3v) is 2.04. The van der Waals surface area contributed by atoms with Gasteiger partial charge in [0.2, 0.25) is 5.91 Å². The van der Waals surface area contributed by atoms with E-state index in [1.807, 2.05) is 0 Å². The van der Waals surface area contributed by atoms with E-state index in [1.165, 1.54) is 24.2 Å². The second kappa shape index (κ2) is 5.62. The molecule has 10 heteroatoms. The normalized spacial score (nSPS) is 9.95. The molecule has 0 atom stereocenters. The number of aromatic amines is 1. The van der Waals surface area contributed by atoms with Gasteiger partial charge in [0.05, 0.1) is 25.2 Å². The number of nitrogens with one attached hydrogen (secondary N) is 3. The molecule has 0 aliphatic carbocycles. The van der Waals surface area contributed by atoms with Crippen molar-refractivity contribution in [3.8, 4) is 0 Å². The minimum Gasteiger partial charge on any atom is -0.453 e. The van der Waals surface area contributed by atoms with E-state index in [2.05, 4.69) is 35.9 Å². The number of ether oxygens (including phenoxy) is 1. The maximum atomic E-state index is 11.6. The first-order chi connectivity index (χ1) is 9.17. The molecule has 3 N–H and O–H groups in total. The molecule has 0 aliphatic heterocycles. The van der Waals surface area contributed by atoms with Gasteiger partial charge in [-0.05, 0) is 0 Å². The predicted octanol–water partition coefficient (Wildman–Crippen LogP) is -0.182. The first-order valence-corrected chi connectivity index (χ1v) is 5.21. The van der Waals surface area contributed by atoms with Gasteiger partial charge < -0.3 is 10.1 Å². The lowest BCUT2D eigenvalue weighted by molar-refractivity contribution is -0.116. The molecule has 2 heterocycles. The molecule has 10 nitrogen and oxygen atoms in total. The van der Waals surface area contributed by atoms with Crippen molar-refractivity contribution in [2.24, 2.45) is 0 Å². The Hall–Kier alpha value is -2.91. The standard InChI is InChI=1S/C9H11N7O3/c1-19-9(18)13-7-4-16(15-14-7)5-8(17)12-6-2-10-11-3-6/h2-4H,5H2,1H3,(H,10,11)(H,12,17)(H,13,18). The van der Waals surface area contributed by atoms with Gasteiger partial charge in [-0.25, -0.2) is 9.48 Å². The molecule has 0 aromatic carbocycles. The number of aromatic nitrogens is 5. The summed E-state index contributed by atoms with van der Waals surface area (Å²) in [6, 6.07) is 0. The molecule has 0 saturated heterocycles. The number of methoxy groups -OCH3 is 1. The van der Waals surface area contributed by atoms with Crippen molar-refractivity contribution in [2.75, 3.05) is 17.7 Å². The van der Waals surface area contributed by atoms with Crippen LogP contribution in [0.25, 0.3) is 0 Å². The number of anilines is 2. The smallest absolute Gasteiger partial charge is 0.412 e. The van der Waals surface area contributed by atoms with Gasteiger partial charge in [0.15, 0.2) is 5.82 Å². The largest absolute Gasteiger partial charge is 0.453 e. The number of carbonyl (C=O) groups is 2. The van der Waals surface area contributed by atoms with E-state index >= 15 is 0 Å². The maximum absolute atomic E-state index is 11.6. The summed E-state index contributed by atoms with van der Waals surface area (Å²) < 4.78 is 5.68. The number of amides is 2. The number of rotatable bonds is 4. The summed E-state index contributed by atoms with van der Waals surface area (Å²) in [6.45, 7) is -0.0406. The lowest BCUT2D eigenvalue weighted by Gasteiger charge is -2.01. The zero-order valence-electron chi connectivity index (χ0n) is 9.95. The summed E-state index contributed by atoms with van der Waals surface area (Å²) in [7, 11) is 1.23. The Morgan fingerprint density at radius 2 is 2.32 bits per heavy atom. The molecule has 0 bridgehead atoms. The zero-order chi connectivity index (χ0) is 13.7. The molecule has 0 saturated carbocycles. The number of carbonyl (C=O) groups excluding carboxylic acids is 2. The molecule has 2 rings (SSSR count). The van der Waals surface area contributed by atoms with Crippen LogP contribution in [0.5, 0.6) is 0 Å². The van der Waals surface area contributed by atoms with E-state index < -0.39 is 6.09 Å². The number of H-pyrrole nitrogens is 1. The Morgan fingerprint density at radius 3 is 3.00 bits per heavy atom. The summed E-state index contributed by atoms with van der Waals surface area (Å²) in [5, 5.41) is 18.5. The van der Waals surface area contributed by atoms with Gasteiger partial charge in [0.25, 0.3) is 0 Å². The summed E-state index contributed by atoms with van der Waals surface area (Å²) >= 11 is 0. The first-order valence-electron chi connectivity index (χ1n) is 5.21. The van der Waals surface area contributed by atoms with Crippen LogP contribution in [0.4, 0.5) is 16.3 Å². The van der Waals surface area contributed by atoms with Crippen molar-refractivity contribution >= 4 is 23.5 Å². The molecule has 0 radical (unpaired) electrons. The van der Waals surface area contributed by atoms with E-state index in [1.54, 1.807) is 6.20 Å². The van der Waals surface area contributed by atoms with Crippen molar-refractivity contribution < 1.29 is 14.3 Å². The van der Waals surface area contributed by atoms with Gasteiger partial charge in [-0.3, -0.25) is 15.2 Å². The second-order valence-corrected chi connectivity index (χ2v) is 3.45. The lowest BCUT2D eigenvalue weighted by atomic mass is 10.5. The van der Waals surface area contributed by atoms with Gasteiger partial charge in [-0.15, -0.1) is 5.10 Å². The van der Waals surface area contributed by atoms with Crippen LogP contribution in [0.3, 0.4) is 0 Å². The van der Waals surface area contributed by atoms with E-state index in [9.17, 15) is 9.59 Å². The highest BCUT2D eigenvalue weighted by atomic mass is 16.5. The van der Waals surface area contributed by atoms with Crippen molar-refractivity contribution in [3.05, 3.63) is 18.6 Å². The summed E-state index contributed by atoms with van der Waals surface area (Å²) in [4.78, 5) is 22.5. The van der Waals surface area contributed by atoms with Gasteiger partial charge in [0.1, 0.15) is 6.54 Å². The van der Waals surface area contributed by atoms with Crippen molar-refractivity contribution in [1.82, 2.24) is 25.2 Å². The Morgan fingerprint density at radius 1 is 1.47 bits per heavy atom. The number of nitrogens with zero attached hydrogens (tertiary/aromatic N) is 4. The van der Waals surface area contributed by atoms with Gasteiger partial charge in [0, 0.05) is 6.20 Å². The molecule has 100 valence electrons. The molecule has 2 aromatic heterocycles. The van der Waals surface area contributed by atoms with Gasteiger partial charge in [-0.1, -0.05) is 5.21 Å². The van der Waals surface area contributed by atoms with Crippen LogP contribution in [-0.4, -0.2) is 44.3 Å². The highest BCUT2D eigenvalue weighted by Crippen LogP contribution is 2.03. The molecule has 19 heavy (non-hydrogen) atoms. The predicted molar refractivity (Wildman–Crippen MR) is 63.3 cm³/mol. The number of hydrogen-bond acceptors (Lipinski definition) is 6. The maximum Gasteiger partial charge on any atom is 0.412 e. The van der Waals surface area contributed by atoms with Crippen molar-refractivity contribution in [3.63, 3.8) is 0 Å². The van der Waals surface area contributed by atoms with Crippen LogP contribution in [0.2, 0.25) is 0 Å². The van der Waals surface area contributed by atoms with Crippen molar-refractivity contribution in [1.29, 1.82) is 0 Å². The summed E-state index contributed by atoms with van der Waals surface area (Å²) in [6.07, 6.45) is 3.77. The van der Waals surface area contributed by atoms with E-state index in [0.717, 1.165) is 0 Å².